The summed E-state index contributed by atoms with van der Waals surface area (Å²) in [6, 6.07) is 27.9. The SMILES string of the molecule is CCCCCCCc1cccc2c(CCCc3ccc(CCCCCCC)c4ccccc34)cccc12. The highest BCUT2D eigenvalue weighted by Crippen LogP contribution is 2.28. The Labute approximate surface area is 226 Å². The molecule has 0 aromatic heterocycles. The van der Waals surface area contributed by atoms with E-state index in [1.807, 2.05) is 0 Å². The Morgan fingerprint density at radius 3 is 1.11 bits per heavy atom. The van der Waals surface area contributed by atoms with Crippen LogP contribution in [0.5, 0.6) is 0 Å². The van der Waals surface area contributed by atoms with Gasteiger partial charge < -0.3 is 0 Å². The summed E-state index contributed by atoms with van der Waals surface area (Å²) in [7, 11) is 0. The zero-order chi connectivity index (χ0) is 25.7. The van der Waals surface area contributed by atoms with Crippen LogP contribution in [0.4, 0.5) is 0 Å². The van der Waals surface area contributed by atoms with Gasteiger partial charge in [-0.15, -0.1) is 0 Å². The molecule has 0 heteroatoms. The molecular weight excluding hydrogens is 444 g/mol. The van der Waals surface area contributed by atoms with Gasteiger partial charge in [0, 0.05) is 0 Å². The summed E-state index contributed by atoms with van der Waals surface area (Å²) in [5.41, 5.74) is 6.09. The summed E-state index contributed by atoms with van der Waals surface area (Å²) in [4.78, 5) is 0. The number of benzene rings is 4. The Morgan fingerprint density at radius 2 is 0.676 bits per heavy atom. The summed E-state index contributed by atoms with van der Waals surface area (Å²) in [5.74, 6) is 0. The summed E-state index contributed by atoms with van der Waals surface area (Å²) >= 11 is 0. The van der Waals surface area contributed by atoms with Crippen LogP contribution in [0.3, 0.4) is 0 Å². The molecule has 0 atom stereocenters. The summed E-state index contributed by atoms with van der Waals surface area (Å²) in [5, 5.41) is 5.89. The Morgan fingerprint density at radius 1 is 0.324 bits per heavy atom. The van der Waals surface area contributed by atoms with E-state index in [4.69, 9.17) is 0 Å². The second-order valence-electron chi connectivity index (χ2n) is 11.0. The van der Waals surface area contributed by atoms with Crippen molar-refractivity contribution in [1.82, 2.24) is 0 Å². The maximum Gasteiger partial charge on any atom is -0.0149 e. The smallest absolute Gasteiger partial charge is 0.0149 e. The minimum absolute atomic E-state index is 1.14. The van der Waals surface area contributed by atoms with Crippen molar-refractivity contribution in [3.8, 4) is 0 Å². The Hall–Kier alpha value is -2.60. The molecule has 4 aromatic carbocycles. The van der Waals surface area contributed by atoms with Gasteiger partial charge in [-0.25, -0.2) is 0 Å². The lowest BCUT2D eigenvalue weighted by molar-refractivity contribution is 0.633. The van der Waals surface area contributed by atoms with Crippen LogP contribution >= 0.6 is 0 Å². The van der Waals surface area contributed by atoms with Crippen molar-refractivity contribution in [1.29, 1.82) is 0 Å². The average molecular weight is 493 g/mol. The summed E-state index contributed by atoms with van der Waals surface area (Å²) in [6.45, 7) is 4.58. The van der Waals surface area contributed by atoms with Crippen molar-refractivity contribution in [2.24, 2.45) is 0 Å². The van der Waals surface area contributed by atoms with E-state index in [1.54, 1.807) is 0 Å². The molecule has 0 bridgehead atoms. The molecule has 0 N–H and O–H groups in total. The molecule has 0 aliphatic carbocycles. The van der Waals surface area contributed by atoms with Crippen LogP contribution < -0.4 is 0 Å². The monoisotopic (exact) mass is 492 g/mol. The Bertz CT molecular complexity index is 1180. The van der Waals surface area contributed by atoms with Crippen molar-refractivity contribution >= 4 is 21.5 Å². The van der Waals surface area contributed by atoms with Gasteiger partial charge in [0.05, 0.1) is 0 Å². The molecule has 0 spiro atoms. The number of rotatable bonds is 16. The molecule has 4 aromatic rings. The fourth-order valence-electron chi connectivity index (χ4n) is 6.04. The molecule has 0 saturated heterocycles. The molecule has 4 rings (SSSR count). The first-order chi connectivity index (χ1) is 18.3. The molecule has 0 heterocycles. The van der Waals surface area contributed by atoms with Crippen LogP contribution in [0.15, 0.2) is 72.8 Å². The van der Waals surface area contributed by atoms with Crippen LogP contribution in [0, 0.1) is 0 Å². The van der Waals surface area contributed by atoms with Gasteiger partial charge in [0.1, 0.15) is 0 Å². The van der Waals surface area contributed by atoms with Crippen molar-refractivity contribution in [2.45, 2.75) is 110 Å². The molecular formula is C37H48. The van der Waals surface area contributed by atoms with Gasteiger partial charge in [-0.05, 0) is 88.7 Å². The van der Waals surface area contributed by atoms with E-state index in [2.05, 4.69) is 86.6 Å². The van der Waals surface area contributed by atoms with Crippen LogP contribution in [0.1, 0.15) is 107 Å². The number of unbranched alkanes of at least 4 members (excludes halogenated alkanes) is 8. The first-order valence-corrected chi connectivity index (χ1v) is 15.3. The van der Waals surface area contributed by atoms with Crippen LogP contribution in [0.25, 0.3) is 21.5 Å². The lowest BCUT2D eigenvalue weighted by Crippen LogP contribution is -1.96. The minimum atomic E-state index is 1.14. The van der Waals surface area contributed by atoms with Crippen LogP contribution in [0.2, 0.25) is 0 Å². The van der Waals surface area contributed by atoms with E-state index in [0.717, 1.165) is 12.8 Å². The molecule has 0 amide bonds. The second kappa shape index (κ2) is 15.0. The number of aryl methyl sites for hydroxylation is 4. The van der Waals surface area contributed by atoms with Gasteiger partial charge in [-0.3, -0.25) is 0 Å². The number of hydrogen-bond donors (Lipinski definition) is 0. The van der Waals surface area contributed by atoms with Crippen molar-refractivity contribution in [3.05, 3.63) is 95.1 Å². The van der Waals surface area contributed by atoms with E-state index in [-0.39, 0.29) is 0 Å². The largest absolute Gasteiger partial charge is 0.0654 e. The molecule has 0 radical (unpaired) electrons. The highest BCUT2D eigenvalue weighted by atomic mass is 14.1. The average Bonchev–Trinajstić information content (AvgIpc) is 2.94. The topological polar surface area (TPSA) is 0 Å². The van der Waals surface area contributed by atoms with Gasteiger partial charge in [-0.1, -0.05) is 138 Å². The van der Waals surface area contributed by atoms with Crippen LogP contribution in [-0.2, 0) is 25.7 Å². The molecule has 0 fully saturated rings. The van der Waals surface area contributed by atoms with Crippen LogP contribution in [-0.4, -0.2) is 0 Å². The lowest BCUT2D eigenvalue weighted by Gasteiger charge is -2.13. The first kappa shape index (κ1) is 27.4. The van der Waals surface area contributed by atoms with Gasteiger partial charge in [0.2, 0.25) is 0 Å². The first-order valence-electron chi connectivity index (χ1n) is 15.3. The predicted octanol–water partition coefficient (Wildman–Crippen LogP) is 11.2. The molecule has 0 nitrogen and oxygen atoms in total. The van der Waals surface area contributed by atoms with Crippen molar-refractivity contribution < 1.29 is 0 Å². The third kappa shape index (κ3) is 7.70. The fourth-order valence-corrected chi connectivity index (χ4v) is 6.04. The van der Waals surface area contributed by atoms with Gasteiger partial charge in [0.25, 0.3) is 0 Å². The standard InChI is InChI=1S/C37H48/c1-3-5-7-9-11-18-30-22-16-27-37-31(23-17-26-36(30)37)20-15-21-33-29-28-32(19-12-10-8-6-4-2)34-24-13-14-25-35(33)34/h13-14,16-17,22-29H,3-12,15,18-21H2,1-2H3. The molecule has 0 saturated carbocycles. The van der Waals surface area contributed by atoms with Gasteiger partial charge >= 0.3 is 0 Å². The number of fused-ring (bicyclic) bond motifs is 2. The molecule has 0 aliphatic rings. The third-order valence-corrected chi connectivity index (χ3v) is 8.20. The second-order valence-corrected chi connectivity index (χ2v) is 11.0. The summed E-state index contributed by atoms with van der Waals surface area (Å²) in [6.07, 6.45) is 19.4. The minimum Gasteiger partial charge on any atom is -0.0654 e. The fraction of sp³-hybridized carbons (Fsp3) is 0.459. The lowest BCUT2D eigenvalue weighted by atomic mass is 9.92. The van der Waals surface area contributed by atoms with E-state index in [0.29, 0.717) is 0 Å². The third-order valence-electron chi connectivity index (χ3n) is 8.20. The maximum absolute atomic E-state index is 2.42. The van der Waals surface area contributed by atoms with Crippen molar-refractivity contribution in [3.63, 3.8) is 0 Å². The van der Waals surface area contributed by atoms with Gasteiger partial charge in [-0.2, -0.15) is 0 Å². The van der Waals surface area contributed by atoms with E-state index < -0.39 is 0 Å². The molecule has 0 aliphatic heterocycles. The van der Waals surface area contributed by atoms with E-state index in [9.17, 15) is 0 Å². The van der Waals surface area contributed by atoms with Gasteiger partial charge in [0.15, 0.2) is 0 Å². The number of hydrogen-bond acceptors (Lipinski definition) is 0. The maximum atomic E-state index is 2.42. The molecule has 0 unspecified atom stereocenters. The Kier molecular flexibility index (Phi) is 11.1. The molecule has 37 heavy (non-hydrogen) atoms. The van der Waals surface area contributed by atoms with E-state index >= 15 is 0 Å². The highest BCUT2D eigenvalue weighted by Gasteiger charge is 2.08. The summed E-state index contributed by atoms with van der Waals surface area (Å²) < 4.78 is 0. The molecule has 196 valence electrons. The normalized spacial score (nSPS) is 11.5. The zero-order valence-electron chi connectivity index (χ0n) is 23.5. The Balaban J connectivity index is 1.40. The predicted molar refractivity (Wildman–Crippen MR) is 165 cm³/mol. The zero-order valence-corrected chi connectivity index (χ0v) is 23.5. The van der Waals surface area contributed by atoms with Crippen molar-refractivity contribution in [2.75, 3.05) is 0 Å². The van der Waals surface area contributed by atoms with E-state index in [1.165, 1.54) is 127 Å². The quantitative estimate of drug-likeness (QED) is 0.136. The highest BCUT2D eigenvalue weighted by molar-refractivity contribution is 5.89.